The summed E-state index contributed by atoms with van der Waals surface area (Å²) in [7, 11) is 0. The van der Waals surface area contributed by atoms with Crippen LogP contribution in [-0.4, -0.2) is 5.91 Å². The smallest absolute Gasteiger partial charge is 0.248 e. The number of carbonyl (C=O) groups excluding carboxylic acids is 1. The molecule has 4 aliphatic rings. The molecule has 2 nitrogen and oxygen atoms in total. The zero-order valence-electron chi connectivity index (χ0n) is 16.5. The minimum absolute atomic E-state index is 0.276. The Morgan fingerprint density at radius 1 is 1.15 bits per heavy atom. The Morgan fingerprint density at radius 3 is 2.85 bits per heavy atom. The number of allylic oxidation sites excluding steroid dienone is 4. The fraction of sp³-hybridized carbons (Fsp3) is 0.560. The van der Waals surface area contributed by atoms with Crippen molar-refractivity contribution >= 4 is 5.91 Å². The first-order valence-corrected chi connectivity index (χ1v) is 10.9. The third-order valence-electron chi connectivity index (χ3n) is 8.17. The molecule has 1 amide bonds. The van der Waals surface area contributed by atoms with Crippen LogP contribution in [0.4, 0.5) is 0 Å². The van der Waals surface area contributed by atoms with E-state index in [-0.39, 0.29) is 5.91 Å². The molecule has 142 valence electrons. The Morgan fingerprint density at radius 2 is 2.00 bits per heavy atom. The number of fused-ring (bicyclic) bond motifs is 4. The number of benzene rings is 1. The number of primary amides is 1. The highest BCUT2D eigenvalue weighted by Crippen LogP contribution is 2.64. The summed E-state index contributed by atoms with van der Waals surface area (Å²) in [5.74, 6) is 1.64. The highest BCUT2D eigenvalue weighted by Gasteiger charge is 2.52. The molecule has 0 aromatic heterocycles. The van der Waals surface area contributed by atoms with Crippen LogP contribution in [-0.2, 0) is 0 Å². The molecule has 0 radical (unpaired) electrons. The summed E-state index contributed by atoms with van der Waals surface area (Å²) < 4.78 is 0. The van der Waals surface area contributed by atoms with Gasteiger partial charge in [-0.3, -0.25) is 4.79 Å². The second-order valence-corrected chi connectivity index (χ2v) is 9.56. The lowest BCUT2D eigenvalue weighted by molar-refractivity contribution is 0.0982. The molecule has 1 unspecified atom stereocenters. The van der Waals surface area contributed by atoms with Gasteiger partial charge in [0.1, 0.15) is 0 Å². The molecule has 1 aromatic carbocycles. The van der Waals surface area contributed by atoms with Gasteiger partial charge in [0.2, 0.25) is 5.91 Å². The van der Waals surface area contributed by atoms with Gasteiger partial charge in [0.05, 0.1) is 0 Å². The molecule has 0 bridgehead atoms. The Labute approximate surface area is 162 Å². The van der Waals surface area contributed by atoms with E-state index in [2.05, 4.69) is 25.1 Å². The minimum Gasteiger partial charge on any atom is -0.366 e. The van der Waals surface area contributed by atoms with Crippen molar-refractivity contribution in [1.82, 2.24) is 0 Å². The summed E-state index contributed by atoms with van der Waals surface area (Å²) in [4.78, 5) is 12.2. The fourth-order valence-corrected chi connectivity index (χ4v) is 7.08. The van der Waals surface area contributed by atoms with Crippen molar-refractivity contribution in [3.63, 3.8) is 0 Å². The van der Waals surface area contributed by atoms with Crippen molar-refractivity contribution in [2.24, 2.45) is 23.0 Å². The Kier molecular flexibility index (Phi) is 4.07. The van der Waals surface area contributed by atoms with E-state index in [1.165, 1.54) is 63.4 Å². The molecule has 0 aliphatic heterocycles. The van der Waals surface area contributed by atoms with E-state index >= 15 is 0 Å². The van der Waals surface area contributed by atoms with Gasteiger partial charge in [0, 0.05) is 11.5 Å². The van der Waals surface area contributed by atoms with Crippen LogP contribution in [0.1, 0.15) is 86.6 Å². The van der Waals surface area contributed by atoms with E-state index < -0.39 is 0 Å². The normalized spacial score (nSPS) is 35.1. The number of nitrogens with two attached hydrogens (primary N) is 1. The van der Waals surface area contributed by atoms with Gasteiger partial charge in [0.15, 0.2) is 0 Å². The molecule has 2 fully saturated rings. The molecule has 2 saturated carbocycles. The molecule has 2 heteroatoms. The number of hydrogen-bond donors (Lipinski definition) is 1. The lowest BCUT2D eigenvalue weighted by Crippen LogP contribution is -2.40. The molecular weight excluding hydrogens is 330 g/mol. The Balaban J connectivity index is 1.71. The first-order valence-electron chi connectivity index (χ1n) is 10.9. The van der Waals surface area contributed by atoms with Gasteiger partial charge < -0.3 is 5.73 Å². The maximum atomic E-state index is 12.2. The number of rotatable bonds is 2. The second kappa shape index (κ2) is 6.36. The van der Waals surface area contributed by atoms with Gasteiger partial charge in [0.25, 0.3) is 0 Å². The molecular formula is C25H31NO. The molecule has 0 saturated heterocycles. The average Bonchev–Trinajstić information content (AvgIpc) is 3.08. The van der Waals surface area contributed by atoms with Crippen LogP contribution >= 0.6 is 0 Å². The van der Waals surface area contributed by atoms with Crippen LogP contribution in [0.15, 0.2) is 47.1 Å². The zero-order valence-corrected chi connectivity index (χ0v) is 16.5. The van der Waals surface area contributed by atoms with Gasteiger partial charge in [-0.2, -0.15) is 0 Å². The van der Waals surface area contributed by atoms with Crippen molar-refractivity contribution in [3.8, 4) is 0 Å². The molecule has 5 rings (SSSR count). The summed E-state index contributed by atoms with van der Waals surface area (Å²) >= 11 is 0. The molecule has 0 spiro atoms. The van der Waals surface area contributed by atoms with E-state index in [4.69, 9.17) is 5.73 Å². The summed E-state index contributed by atoms with van der Waals surface area (Å²) in [6, 6.07) is 8.15. The summed E-state index contributed by atoms with van der Waals surface area (Å²) in [6.07, 6.45) is 14.1. The van der Waals surface area contributed by atoms with Crippen LogP contribution in [0.5, 0.6) is 0 Å². The minimum atomic E-state index is -0.276. The van der Waals surface area contributed by atoms with E-state index in [0.29, 0.717) is 17.3 Å². The van der Waals surface area contributed by atoms with Crippen molar-refractivity contribution in [1.29, 1.82) is 0 Å². The third-order valence-corrected chi connectivity index (χ3v) is 8.17. The lowest BCUT2D eigenvalue weighted by Gasteiger charge is -2.51. The standard InChI is InChI=1S/C25H31NO/c1-25-14-6-11-22(25)20-13-12-16-7-2-3-8-17(16)23(20)21(15-25)18-9-4-5-10-19(18)24(26)27/h4-5,7,9-10,20-22H,2-3,6,8,11-15H2,1H3,(H2,26,27)/t20-,21?,22-,25-/m0/s1. The van der Waals surface area contributed by atoms with Gasteiger partial charge in [-0.1, -0.05) is 43.2 Å². The zero-order chi connectivity index (χ0) is 18.6. The molecule has 2 N–H and O–H groups in total. The topological polar surface area (TPSA) is 43.1 Å². The lowest BCUT2D eigenvalue weighted by atomic mass is 9.53. The van der Waals surface area contributed by atoms with Crippen molar-refractivity contribution in [2.75, 3.05) is 0 Å². The van der Waals surface area contributed by atoms with Crippen molar-refractivity contribution < 1.29 is 4.79 Å². The monoisotopic (exact) mass is 361 g/mol. The van der Waals surface area contributed by atoms with Crippen LogP contribution in [0.25, 0.3) is 0 Å². The molecule has 4 aliphatic carbocycles. The van der Waals surface area contributed by atoms with Crippen LogP contribution in [0.2, 0.25) is 0 Å². The van der Waals surface area contributed by atoms with Crippen LogP contribution < -0.4 is 5.73 Å². The van der Waals surface area contributed by atoms with Gasteiger partial charge >= 0.3 is 0 Å². The molecule has 1 aromatic rings. The second-order valence-electron chi connectivity index (χ2n) is 9.56. The first-order chi connectivity index (χ1) is 13.1. The van der Waals surface area contributed by atoms with E-state index in [9.17, 15) is 4.79 Å². The number of carbonyl (C=O) groups is 1. The predicted octanol–water partition coefficient (Wildman–Crippen LogP) is 5.90. The van der Waals surface area contributed by atoms with Crippen LogP contribution in [0.3, 0.4) is 0 Å². The maximum Gasteiger partial charge on any atom is 0.248 e. The van der Waals surface area contributed by atoms with Gasteiger partial charge in [-0.05, 0) is 91.4 Å². The highest BCUT2D eigenvalue weighted by molar-refractivity contribution is 5.94. The molecule has 0 heterocycles. The number of amides is 1. The number of hydrogen-bond acceptors (Lipinski definition) is 1. The van der Waals surface area contributed by atoms with E-state index in [1.54, 1.807) is 16.7 Å². The Hall–Kier alpha value is -1.83. The molecule has 27 heavy (non-hydrogen) atoms. The summed E-state index contributed by atoms with van der Waals surface area (Å²) in [5.41, 5.74) is 13.1. The SMILES string of the molecule is C[C@@]12CCC[C@H]1[C@@H]1CCC3=CCCCC3=C1C(c1ccccc1C(N)=O)C2. The van der Waals surface area contributed by atoms with Crippen molar-refractivity contribution in [2.45, 2.75) is 70.6 Å². The average molecular weight is 362 g/mol. The highest BCUT2D eigenvalue weighted by atomic mass is 16.1. The third kappa shape index (κ3) is 2.63. The van der Waals surface area contributed by atoms with Gasteiger partial charge in [-0.25, -0.2) is 0 Å². The van der Waals surface area contributed by atoms with Gasteiger partial charge in [-0.15, -0.1) is 0 Å². The molecule has 4 atom stereocenters. The maximum absolute atomic E-state index is 12.2. The fourth-order valence-electron chi connectivity index (χ4n) is 7.08. The summed E-state index contributed by atoms with van der Waals surface area (Å²) in [5, 5.41) is 0. The van der Waals surface area contributed by atoms with E-state index in [0.717, 1.165) is 11.5 Å². The first kappa shape index (κ1) is 17.3. The summed E-state index contributed by atoms with van der Waals surface area (Å²) in [6.45, 7) is 2.53. The largest absolute Gasteiger partial charge is 0.366 e. The van der Waals surface area contributed by atoms with Crippen LogP contribution in [0, 0.1) is 17.3 Å². The predicted molar refractivity (Wildman–Crippen MR) is 109 cm³/mol. The van der Waals surface area contributed by atoms with E-state index in [1.807, 2.05) is 12.1 Å². The quantitative estimate of drug-likeness (QED) is 0.700. The Bertz CT molecular complexity index is 848. The van der Waals surface area contributed by atoms with Crippen molar-refractivity contribution in [3.05, 3.63) is 58.2 Å².